The first-order valence-corrected chi connectivity index (χ1v) is 11.6. The molecule has 4 aromatic rings. The van der Waals surface area contributed by atoms with Crippen molar-refractivity contribution in [1.82, 2.24) is 34.5 Å². The number of nitrogens with zero attached hydrogens (tertiary/aromatic N) is 7. The number of aryl methyl sites for hydroxylation is 1. The summed E-state index contributed by atoms with van der Waals surface area (Å²) in [6.07, 6.45) is 7.58. The van der Waals surface area contributed by atoms with Gasteiger partial charge in [-0.2, -0.15) is 10.2 Å². The summed E-state index contributed by atoms with van der Waals surface area (Å²) in [4.78, 5) is 13.0. The number of aliphatic hydroxyl groups is 1. The number of pyridine rings is 1. The summed E-state index contributed by atoms with van der Waals surface area (Å²) in [5.74, 6) is 2.88. The second-order valence-electron chi connectivity index (χ2n) is 9.59. The van der Waals surface area contributed by atoms with Crippen molar-refractivity contribution in [2.24, 2.45) is 5.92 Å². The first kappa shape index (κ1) is 22.2. The van der Waals surface area contributed by atoms with E-state index in [1.165, 1.54) is 19.2 Å². The van der Waals surface area contributed by atoms with E-state index in [9.17, 15) is 5.11 Å². The molecule has 2 N–H and O–H groups in total. The standard InChI is InChI=1S/C25H30N8O/c1-15-23(19-8-10-26-11-9-19)31-32(13-18-6-7-18)24(15)29-20-12-21(28-14-27-20)33-17(3)22(16(2)30-33)25(4,5)34/h8-12,14,18,34H,6-7,13H2,1-5H3,(H,27,28,29). The van der Waals surface area contributed by atoms with Crippen molar-refractivity contribution in [3.05, 3.63) is 59.4 Å². The van der Waals surface area contributed by atoms with Crippen LogP contribution in [0.3, 0.4) is 0 Å². The van der Waals surface area contributed by atoms with Crippen molar-refractivity contribution in [1.29, 1.82) is 0 Å². The lowest BCUT2D eigenvalue weighted by Crippen LogP contribution is -2.18. The summed E-state index contributed by atoms with van der Waals surface area (Å²) >= 11 is 0. The van der Waals surface area contributed by atoms with Crippen LogP contribution in [0.1, 0.15) is 49.2 Å². The molecule has 0 bridgehead atoms. The molecule has 0 amide bonds. The van der Waals surface area contributed by atoms with Gasteiger partial charge in [-0.05, 0) is 65.5 Å². The maximum absolute atomic E-state index is 10.6. The molecule has 4 heterocycles. The topological polar surface area (TPSA) is 107 Å². The minimum absolute atomic E-state index is 0.633. The zero-order valence-electron chi connectivity index (χ0n) is 20.2. The van der Waals surface area contributed by atoms with E-state index < -0.39 is 5.60 Å². The average Bonchev–Trinajstić information content (AvgIpc) is 3.49. The van der Waals surface area contributed by atoms with Crippen LogP contribution in [0.5, 0.6) is 0 Å². The Balaban J connectivity index is 1.52. The molecule has 9 heteroatoms. The van der Waals surface area contributed by atoms with E-state index in [1.54, 1.807) is 30.9 Å². The minimum atomic E-state index is -0.990. The molecule has 0 atom stereocenters. The fraction of sp³-hybridized carbons (Fsp3) is 0.400. The minimum Gasteiger partial charge on any atom is -0.386 e. The number of rotatable bonds is 7. The van der Waals surface area contributed by atoms with E-state index in [4.69, 9.17) is 5.10 Å². The Labute approximate surface area is 198 Å². The van der Waals surface area contributed by atoms with E-state index in [2.05, 4.69) is 37.0 Å². The van der Waals surface area contributed by atoms with Crippen LogP contribution in [-0.2, 0) is 12.1 Å². The number of anilines is 2. The maximum Gasteiger partial charge on any atom is 0.159 e. The first-order valence-electron chi connectivity index (χ1n) is 11.6. The summed E-state index contributed by atoms with van der Waals surface area (Å²) in [5.41, 5.74) is 4.48. The number of hydrogen-bond donors (Lipinski definition) is 2. The van der Waals surface area contributed by atoms with Gasteiger partial charge in [0, 0.05) is 47.4 Å². The van der Waals surface area contributed by atoms with E-state index in [-0.39, 0.29) is 0 Å². The first-order chi connectivity index (χ1) is 16.2. The van der Waals surface area contributed by atoms with Crippen molar-refractivity contribution in [2.75, 3.05) is 5.32 Å². The van der Waals surface area contributed by atoms with Crippen LogP contribution in [0.2, 0.25) is 0 Å². The van der Waals surface area contributed by atoms with Gasteiger partial charge < -0.3 is 10.4 Å². The number of hydrogen-bond acceptors (Lipinski definition) is 7. The maximum atomic E-state index is 10.6. The van der Waals surface area contributed by atoms with Crippen LogP contribution in [-0.4, -0.2) is 39.6 Å². The third kappa shape index (κ3) is 4.19. The summed E-state index contributed by atoms with van der Waals surface area (Å²) in [6, 6.07) is 5.83. The fourth-order valence-electron chi connectivity index (χ4n) is 4.57. The third-order valence-corrected chi connectivity index (χ3v) is 6.29. The van der Waals surface area contributed by atoms with E-state index in [1.807, 2.05) is 32.0 Å². The zero-order valence-corrected chi connectivity index (χ0v) is 20.2. The molecule has 5 rings (SSSR count). The van der Waals surface area contributed by atoms with Crippen molar-refractivity contribution < 1.29 is 5.11 Å². The van der Waals surface area contributed by atoms with Gasteiger partial charge >= 0.3 is 0 Å². The number of aromatic nitrogens is 7. The third-order valence-electron chi connectivity index (χ3n) is 6.29. The second-order valence-corrected chi connectivity index (χ2v) is 9.59. The van der Waals surface area contributed by atoms with Gasteiger partial charge in [0.25, 0.3) is 0 Å². The smallest absolute Gasteiger partial charge is 0.159 e. The van der Waals surface area contributed by atoms with Gasteiger partial charge in [0.1, 0.15) is 18.0 Å². The Morgan fingerprint density at radius 1 is 1.09 bits per heavy atom. The lowest BCUT2D eigenvalue weighted by Gasteiger charge is -2.18. The highest BCUT2D eigenvalue weighted by molar-refractivity contribution is 5.71. The van der Waals surface area contributed by atoms with E-state index in [0.29, 0.717) is 17.6 Å². The second kappa shape index (κ2) is 8.32. The molecule has 4 aromatic heterocycles. The Morgan fingerprint density at radius 2 is 1.82 bits per heavy atom. The van der Waals surface area contributed by atoms with Crippen molar-refractivity contribution in [3.63, 3.8) is 0 Å². The monoisotopic (exact) mass is 458 g/mol. The summed E-state index contributed by atoms with van der Waals surface area (Å²) in [7, 11) is 0. The summed E-state index contributed by atoms with van der Waals surface area (Å²) in [6.45, 7) is 10.3. The Bertz CT molecular complexity index is 1330. The summed E-state index contributed by atoms with van der Waals surface area (Å²) in [5, 5.41) is 23.6. The molecule has 0 unspecified atom stereocenters. The molecule has 1 saturated carbocycles. The molecule has 0 aromatic carbocycles. The molecule has 9 nitrogen and oxygen atoms in total. The Hall–Kier alpha value is -3.59. The highest BCUT2D eigenvalue weighted by atomic mass is 16.3. The highest BCUT2D eigenvalue weighted by Crippen LogP contribution is 2.35. The van der Waals surface area contributed by atoms with Gasteiger partial charge in [-0.3, -0.25) is 4.98 Å². The van der Waals surface area contributed by atoms with Gasteiger partial charge in [0.15, 0.2) is 5.82 Å². The average molecular weight is 459 g/mol. The van der Waals surface area contributed by atoms with Crippen molar-refractivity contribution in [2.45, 2.75) is 59.6 Å². The fourth-order valence-corrected chi connectivity index (χ4v) is 4.57. The molecule has 1 aliphatic rings. The molecule has 0 saturated heterocycles. The lowest BCUT2D eigenvalue weighted by atomic mass is 9.96. The van der Waals surface area contributed by atoms with Crippen molar-refractivity contribution in [3.8, 4) is 17.1 Å². The predicted molar refractivity (Wildman–Crippen MR) is 130 cm³/mol. The van der Waals surface area contributed by atoms with Gasteiger partial charge in [0.05, 0.1) is 17.0 Å². The van der Waals surface area contributed by atoms with Crippen LogP contribution in [0.25, 0.3) is 17.1 Å². The van der Waals surface area contributed by atoms with Gasteiger partial charge in [-0.25, -0.2) is 19.3 Å². The Morgan fingerprint density at radius 3 is 2.47 bits per heavy atom. The molecule has 176 valence electrons. The van der Waals surface area contributed by atoms with Gasteiger partial charge in [0.2, 0.25) is 0 Å². The summed E-state index contributed by atoms with van der Waals surface area (Å²) < 4.78 is 3.81. The lowest BCUT2D eigenvalue weighted by molar-refractivity contribution is 0.0772. The van der Waals surface area contributed by atoms with Gasteiger partial charge in [-0.1, -0.05) is 0 Å². The van der Waals surface area contributed by atoms with Crippen LogP contribution in [0, 0.1) is 26.7 Å². The molecule has 0 spiro atoms. The molecular weight excluding hydrogens is 428 g/mol. The molecule has 34 heavy (non-hydrogen) atoms. The van der Waals surface area contributed by atoms with Gasteiger partial charge in [-0.15, -0.1) is 0 Å². The molecule has 1 aliphatic carbocycles. The van der Waals surface area contributed by atoms with E-state index >= 15 is 0 Å². The quantitative estimate of drug-likeness (QED) is 0.427. The number of nitrogens with one attached hydrogen (secondary N) is 1. The predicted octanol–water partition coefficient (Wildman–Crippen LogP) is 4.23. The highest BCUT2D eigenvalue weighted by Gasteiger charge is 2.27. The molecule has 1 fully saturated rings. The largest absolute Gasteiger partial charge is 0.386 e. The SMILES string of the molecule is Cc1nn(-c2cc(Nc3c(C)c(-c4ccncc4)nn3CC3CC3)ncn2)c(C)c1C(C)(C)O. The normalized spacial score (nSPS) is 13.9. The van der Waals surface area contributed by atoms with Crippen LogP contribution >= 0.6 is 0 Å². The molecular formula is C25H30N8O. The van der Waals surface area contributed by atoms with Crippen LogP contribution < -0.4 is 5.32 Å². The molecule has 0 radical (unpaired) electrons. The van der Waals surface area contributed by atoms with E-state index in [0.717, 1.165) is 46.1 Å². The van der Waals surface area contributed by atoms with Crippen LogP contribution in [0.15, 0.2) is 36.9 Å². The van der Waals surface area contributed by atoms with Crippen LogP contribution in [0.4, 0.5) is 11.6 Å². The molecule has 0 aliphatic heterocycles. The van der Waals surface area contributed by atoms with Crippen molar-refractivity contribution >= 4 is 11.6 Å². The zero-order chi connectivity index (χ0) is 24.0. The Kier molecular flexibility index (Phi) is 5.44.